The molecule has 2 nitrogen and oxygen atoms in total. The third-order valence-electron chi connectivity index (χ3n) is 2.65. The van der Waals surface area contributed by atoms with E-state index in [2.05, 4.69) is 35.4 Å². The minimum atomic E-state index is -0.136. The van der Waals surface area contributed by atoms with Crippen LogP contribution in [0, 0.1) is 17.8 Å². The molecule has 0 saturated heterocycles. The van der Waals surface area contributed by atoms with Gasteiger partial charge in [0.1, 0.15) is 6.61 Å². The van der Waals surface area contributed by atoms with Crippen LogP contribution in [0.25, 0.3) is 9.75 Å². The van der Waals surface area contributed by atoms with E-state index in [4.69, 9.17) is 4.74 Å². The first-order valence-electron chi connectivity index (χ1n) is 6.93. The number of ether oxygens (including phenoxy) is 1. The molecule has 0 N–H and O–H groups in total. The average molecular weight is 318 g/mol. The number of carbonyl (C=O) groups is 1. The molecule has 110 valence electrons. The van der Waals surface area contributed by atoms with Crippen LogP contribution in [0.1, 0.15) is 31.6 Å². The predicted octanol–water partition coefficient (Wildman–Crippen LogP) is 4.81. The number of esters is 1. The summed E-state index contributed by atoms with van der Waals surface area (Å²) < 4.78 is 5.12. The second-order valence-electron chi connectivity index (χ2n) is 5.01. The molecule has 4 heteroatoms. The predicted molar refractivity (Wildman–Crippen MR) is 89.5 cm³/mol. The summed E-state index contributed by atoms with van der Waals surface area (Å²) in [6, 6.07) is 8.30. The van der Waals surface area contributed by atoms with Gasteiger partial charge in [-0.3, -0.25) is 4.79 Å². The van der Waals surface area contributed by atoms with E-state index < -0.39 is 0 Å². The van der Waals surface area contributed by atoms with Crippen LogP contribution in [-0.4, -0.2) is 12.6 Å². The molecule has 0 aromatic carbocycles. The van der Waals surface area contributed by atoms with Crippen LogP contribution in [0.15, 0.2) is 29.6 Å². The second kappa shape index (κ2) is 8.02. The van der Waals surface area contributed by atoms with Gasteiger partial charge in [0.05, 0.1) is 4.88 Å². The Hall–Kier alpha value is -1.57. The van der Waals surface area contributed by atoms with Gasteiger partial charge in [-0.05, 0) is 29.5 Å². The lowest BCUT2D eigenvalue weighted by molar-refractivity contribution is -0.144. The Labute approximate surface area is 133 Å². The second-order valence-corrected chi connectivity index (χ2v) is 7.04. The van der Waals surface area contributed by atoms with Crippen LogP contribution in [0.5, 0.6) is 0 Å². The molecule has 0 saturated carbocycles. The summed E-state index contributed by atoms with van der Waals surface area (Å²) in [4.78, 5) is 14.9. The van der Waals surface area contributed by atoms with Crippen molar-refractivity contribution in [1.29, 1.82) is 0 Å². The van der Waals surface area contributed by atoms with Crippen molar-refractivity contribution < 1.29 is 9.53 Å². The summed E-state index contributed by atoms with van der Waals surface area (Å²) >= 11 is 3.43. The fraction of sp³-hybridized carbons (Fsp3) is 0.353. The maximum absolute atomic E-state index is 11.4. The van der Waals surface area contributed by atoms with Gasteiger partial charge >= 0.3 is 5.97 Å². The molecule has 0 fully saturated rings. The lowest BCUT2D eigenvalue weighted by Crippen LogP contribution is -2.08. The van der Waals surface area contributed by atoms with Gasteiger partial charge in [0.15, 0.2) is 0 Å². The third-order valence-corrected chi connectivity index (χ3v) is 4.71. The number of rotatable bonds is 5. The van der Waals surface area contributed by atoms with Crippen LogP contribution in [0.4, 0.5) is 0 Å². The summed E-state index contributed by atoms with van der Waals surface area (Å²) in [6.45, 7) is 4.38. The number of hydrogen-bond acceptors (Lipinski definition) is 4. The van der Waals surface area contributed by atoms with Crippen LogP contribution in [0.3, 0.4) is 0 Å². The van der Waals surface area contributed by atoms with Gasteiger partial charge < -0.3 is 4.74 Å². The molecule has 0 unspecified atom stereocenters. The lowest BCUT2D eigenvalue weighted by Gasteiger charge is -2.03. The van der Waals surface area contributed by atoms with E-state index in [1.54, 1.807) is 22.7 Å². The summed E-state index contributed by atoms with van der Waals surface area (Å²) in [6.07, 6.45) is 1.05. The molecule has 0 aliphatic rings. The highest BCUT2D eigenvalue weighted by Crippen LogP contribution is 2.30. The highest BCUT2D eigenvalue weighted by molar-refractivity contribution is 7.21. The van der Waals surface area contributed by atoms with Gasteiger partial charge in [-0.25, -0.2) is 0 Å². The summed E-state index contributed by atoms with van der Waals surface area (Å²) in [5, 5.41) is 2.08. The first kappa shape index (κ1) is 15.8. The Morgan fingerprint density at radius 1 is 1.29 bits per heavy atom. The van der Waals surface area contributed by atoms with Crippen LogP contribution in [0.2, 0.25) is 0 Å². The molecule has 2 aromatic heterocycles. The highest BCUT2D eigenvalue weighted by Gasteiger charge is 2.05. The number of carbonyl (C=O) groups excluding carboxylic acids is 1. The molecular weight excluding hydrogens is 300 g/mol. The molecule has 0 atom stereocenters. The first-order chi connectivity index (χ1) is 10.1. The Morgan fingerprint density at radius 3 is 2.86 bits per heavy atom. The van der Waals surface area contributed by atoms with E-state index in [9.17, 15) is 4.79 Å². The molecule has 0 amide bonds. The van der Waals surface area contributed by atoms with E-state index in [0.717, 1.165) is 4.88 Å². The van der Waals surface area contributed by atoms with Crippen molar-refractivity contribution in [2.75, 3.05) is 6.61 Å². The topological polar surface area (TPSA) is 26.3 Å². The molecular formula is C17H18O2S2. The Bertz CT molecular complexity index is 627. The third kappa shape index (κ3) is 5.37. The molecule has 2 aromatic rings. The molecule has 0 bridgehead atoms. The van der Waals surface area contributed by atoms with E-state index in [1.807, 2.05) is 19.9 Å². The molecule has 21 heavy (non-hydrogen) atoms. The van der Waals surface area contributed by atoms with E-state index in [-0.39, 0.29) is 5.97 Å². The van der Waals surface area contributed by atoms with Crippen LogP contribution >= 0.6 is 22.7 Å². The minimum Gasteiger partial charge on any atom is -0.465 e. The molecule has 2 rings (SSSR count). The Balaban J connectivity index is 1.77. The zero-order valence-electron chi connectivity index (χ0n) is 12.2. The number of thiophene rings is 2. The zero-order chi connectivity index (χ0) is 15.1. The lowest BCUT2D eigenvalue weighted by atomic mass is 10.1. The highest BCUT2D eigenvalue weighted by atomic mass is 32.1. The quantitative estimate of drug-likeness (QED) is 0.449. The minimum absolute atomic E-state index is 0.136. The Kier molecular flexibility index (Phi) is 6.04. The maximum atomic E-state index is 11.4. The zero-order valence-corrected chi connectivity index (χ0v) is 13.9. The SMILES string of the molecule is CC(C)CC(=O)OCCC#Cc1ccc(-c2cccs2)s1. The molecule has 2 heterocycles. The standard InChI is InChI=1S/C17H18O2S2/c1-13(2)12-17(18)19-10-4-3-6-14-8-9-16(21-14)15-7-5-11-20-15/h5,7-9,11,13H,4,10,12H2,1-2H3. The van der Waals surface area contributed by atoms with Crippen LogP contribution in [-0.2, 0) is 9.53 Å². The van der Waals surface area contributed by atoms with Gasteiger partial charge in [-0.15, -0.1) is 22.7 Å². The van der Waals surface area contributed by atoms with E-state index in [0.29, 0.717) is 25.4 Å². The average Bonchev–Trinajstić information content (AvgIpc) is 3.08. The summed E-state index contributed by atoms with van der Waals surface area (Å²) in [5.74, 6) is 6.38. The largest absolute Gasteiger partial charge is 0.465 e. The molecule has 0 radical (unpaired) electrons. The molecule has 0 aliphatic heterocycles. The van der Waals surface area contributed by atoms with Gasteiger partial charge in [0.25, 0.3) is 0 Å². The smallest absolute Gasteiger partial charge is 0.306 e. The normalized spacial score (nSPS) is 10.2. The van der Waals surface area contributed by atoms with Crippen molar-refractivity contribution in [3.8, 4) is 21.6 Å². The molecule has 0 aliphatic carbocycles. The molecule has 0 spiro atoms. The van der Waals surface area contributed by atoms with Gasteiger partial charge in [0, 0.05) is 22.6 Å². The summed E-state index contributed by atoms with van der Waals surface area (Å²) in [5.41, 5.74) is 0. The van der Waals surface area contributed by atoms with Crippen molar-refractivity contribution in [3.05, 3.63) is 34.5 Å². The maximum Gasteiger partial charge on any atom is 0.306 e. The fourth-order valence-electron chi connectivity index (χ4n) is 1.71. The van der Waals surface area contributed by atoms with E-state index >= 15 is 0 Å². The first-order valence-corrected chi connectivity index (χ1v) is 8.63. The van der Waals surface area contributed by atoms with Crippen molar-refractivity contribution >= 4 is 28.6 Å². The van der Waals surface area contributed by atoms with Crippen molar-refractivity contribution in [2.45, 2.75) is 26.7 Å². The Morgan fingerprint density at radius 2 is 2.14 bits per heavy atom. The summed E-state index contributed by atoms with van der Waals surface area (Å²) in [7, 11) is 0. The van der Waals surface area contributed by atoms with Crippen LogP contribution < -0.4 is 0 Å². The fourth-order valence-corrected chi connectivity index (χ4v) is 3.43. The number of hydrogen-bond donors (Lipinski definition) is 0. The van der Waals surface area contributed by atoms with Crippen molar-refractivity contribution in [1.82, 2.24) is 0 Å². The van der Waals surface area contributed by atoms with Crippen molar-refractivity contribution in [3.63, 3.8) is 0 Å². The van der Waals surface area contributed by atoms with Gasteiger partial charge in [0.2, 0.25) is 0 Å². The van der Waals surface area contributed by atoms with Gasteiger partial charge in [-0.1, -0.05) is 31.8 Å². The van der Waals surface area contributed by atoms with E-state index in [1.165, 1.54) is 9.75 Å². The monoisotopic (exact) mass is 318 g/mol. The van der Waals surface area contributed by atoms with Gasteiger partial charge in [-0.2, -0.15) is 0 Å². The van der Waals surface area contributed by atoms with Crippen molar-refractivity contribution in [2.24, 2.45) is 5.92 Å².